The van der Waals surface area contributed by atoms with Crippen LogP contribution in [0.1, 0.15) is 64.7 Å². The van der Waals surface area contributed by atoms with Crippen molar-refractivity contribution in [2.75, 3.05) is 11.0 Å². The van der Waals surface area contributed by atoms with E-state index >= 15 is 0 Å². The highest BCUT2D eigenvalue weighted by Gasteiger charge is 2.00. The maximum absolute atomic E-state index is 10.8. The van der Waals surface area contributed by atoms with Crippen molar-refractivity contribution in [1.82, 2.24) is 0 Å². The third kappa shape index (κ3) is 17.1. The van der Waals surface area contributed by atoms with Gasteiger partial charge in [0.05, 0.1) is 6.26 Å². The van der Waals surface area contributed by atoms with Crippen molar-refractivity contribution in [2.24, 2.45) is 0 Å². The molecule has 0 aliphatic carbocycles. The van der Waals surface area contributed by atoms with Gasteiger partial charge in [-0.15, -0.1) is 6.58 Å². The second-order valence-corrected chi connectivity index (χ2v) is 9.11. The zero-order valence-corrected chi connectivity index (χ0v) is 21.9. The lowest BCUT2D eigenvalue weighted by atomic mass is 9.99. The lowest BCUT2D eigenvalue weighted by Gasteiger charge is -2.06. The highest BCUT2D eigenvalue weighted by Crippen LogP contribution is 2.15. The van der Waals surface area contributed by atoms with Gasteiger partial charge in [-0.2, -0.15) is 0 Å². The number of nitrogens with one attached hydrogen (secondary N) is 1. The summed E-state index contributed by atoms with van der Waals surface area (Å²) in [6.45, 7) is 20.0. The number of hydrogen-bond donors (Lipinski definition) is 1. The van der Waals surface area contributed by atoms with E-state index in [1.807, 2.05) is 39.8 Å². The maximum Gasteiger partial charge on any atom is 0.229 e. The molecule has 0 atom stereocenters. The maximum atomic E-state index is 10.8. The second kappa shape index (κ2) is 17.4. The SMILES string of the molecule is C=CC.CC.CC(C)=C(C)CCc1ccccc1C.Cc1cccc(NS(C)(=O)=O)c1. The number of aryl methyl sites for hydroxylation is 3. The van der Waals surface area contributed by atoms with Crippen molar-refractivity contribution in [1.29, 1.82) is 0 Å². The summed E-state index contributed by atoms with van der Waals surface area (Å²) in [5.74, 6) is 0. The van der Waals surface area contributed by atoms with Crippen LogP contribution in [-0.4, -0.2) is 14.7 Å². The first kappa shape index (κ1) is 30.9. The molecule has 31 heavy (non-hydrogen) atoms. The Bertz CT molecular complexity index is 893. The molecule has 2 rings (SSSR count). The Morgan fingerprint density at radius 2 is 1.55 bits per heavy atom. The van der Waals surface area contributed by atoms with Crippen LogP contribution in [0, 0.1) is 13.8 Å². The Hall–Kier alpha value is -2.33. The average molecular weight is 446 g/mol. The molecule has 0 unspecified atom stereocenters. The zero-order valence-electron chi connectivity index (χ0n) is 21.0. The standard InChI is InChI=1S/C14H20.C8H11NO2S.C3H6.C2H6/c1-11(2)12(3)9-10-14-8-6-5-7-13(14)4;1-7-4-3-5-8(6-7)9-12(2,10)11;1-3-2;1-2/h5-8H,9-10H2,1-4H3;3-6,9H,1-2H3;3H,1H2,2H3;1-2H3. The highest BCUT2D eigenvalue weighted by molar-refractivity contribution is 7.92. The molecule has 0 fully saturated rings. The summed E-state index contributed by atoms with van der Waals surface area (Å²) >= 11 is 0. The molecular formula is C27H43NO2S. The number of hydrogen-bond acceptors (Lipinski definition) is 2. The van der Waals surface area contributed by atoms with Gasteiger partial charge in [-0.3, -0.25) is 4.72 Å². The number of sulfonamides is 1. The molecular weight excluding hydrogens is 402 g/mol. The summed E-state index contributed by atoms with van der Waals surface area (Å²) in [5, 5.41) is 0. The Morgan fingerprint density at radius 3 is 2.00 bits per heavy atom. The second-order valence-electron chi connectivity index (χ2n) is 7.36. The van der Waals surface area contributed by atoms with Gasteiger partial charge in [0.2, 0.25) is 10.0 Å². The molecule has 0 saturated carbocycles. The highest BCUT2D eigenvalue weighted by atomic mass is 32.2. The van der Waals surface area contributed by atoms with Gasteiger partial charge in [0.25, 0.3) is 0 Å². The van der Waals surface area contributed by atoms with Crippen LogP contribution in [0.15, 0.2) is 72.3 Å². The molecule has 0 amide bonds. The Balaban J connectivity index is 0. The number of benzene rings is 2. The minimum atomic E-state index is -3.14. The van der Waals surface area contributed by atoms with Crippen LogP contribution in [0.5, 0.6) is 0 Å². The Morgan fingerprint density at radius 1 is 1.00 bits per heavy atom. The molecule has 0 heterocycles. The van der Waals surface area contributed by atoms with Crippen molar-refractivity contribution in [3.8, 4) is 0 Å². The van der Waals surface area contributed by atoms with E-state index in [4.69, 9.17) is 0 Å². The van der Waals surface area contributed by atoms with Crippen molar-refractivity contribution >= 4 is 15.7 Å². The average Bonchev–Trinajstić information content (AvgIpc) is 2.68. The zero-order chi connectivity index (χ0) is 24.4. The Labute approximate surface area is 192 Å². The molecule has 0 aliphatic heterocycles. The molecule has 0 bridgehead atoms. The van der Waals surface area contributed by atoms with Crippen LogP contribution in [0.25, 0.3) is 0 Å². The largest absolute Gasteiger partial charge is 0.284 e. The monoisotopic (exact) mass is 445 g/mol. The Kier molecular flexibility index (Phi) is 17.3. The van der Waals surface area contributed by atoms with E-state index in [-0.39, 0.29) is 0 Å². The minimum absolute atomic E-state index is 0.609. The lowest BCUT2D eigenvalue weighted by Crippen LogP contribution is -2.09. The van der Waals surface area contributed by atoms with E-state index in [2.05, 4.69) is 63.3 Å². The first-order valence-electron chi connectivity index (χ1n) is 10.8. The summed E-state index contributed by atoms with van der Waals surface area (Å²) in [5.41, 5.74) is 7.51. The van der Waals surface area contributed by atoms with Crippen molar-refractivity contribution in [2.45, 2.75) is 68.2 Å². The van der Waals surface area contributed by atoms with Gasteiger partial charge in [-0.05, 0) is 83.2 Å². The molecule has 0 aromatic heterocycles. The summed E-state index contributed by atoms with van der Waals surface area (Å²) in [6.07, 6.45) is 5.24. The fourth-order valence-corrected chi connectivity index (χ4v) is 2.94. The van der Waals surface area contributed by atoms with E-state index < -0.39 is 10.0 Å². The predicted molar refractivity (Wildman–Crippen MR) is 140 cm³/mol. The summed E-state index contributed by atoms with van der Waals surface area (Å²) in [7, 11) is -3.14. The van der Waals surface area contributed by atoms with Gasteiger partial charge in [-0.25, -0.2) is 8.42 Å². The van der Waals surface area contributed by atoms with Crippen molar-refractivity contribution in [3.63, 3.8) is 0 Å². The van der Waals surface area contributed by atoms with Crippen LogP contribution in [-0.2, 0) is 16.4 Å². The molecule has 0 spiro atoms. The molecule has 2 aromatic rings. The van der Waals surface area contributed by atoms with Gasteiger partial charge < -0.3 is 0 Å². The quantitative estimate of drug-likeness (QED) is 0.476. The van der Waals surface area contributed by atoms with E-state index in [1.165, 1.54) is 35.1 Å². The van der Waals surface area contributed by atoms with Crippen LogP contribution in [0.2, 0.25) is 0 Å². The third-order valence-corrected chi connectivity index (χ3v) is 4.81. The summed E-state index contributed by atoms with van der Waals surface area (Å²) in [6, 6.07) is 15.9. The molecule has 4 heteroatoms. The van der Waals surface area contributed by atoms with E-state index in [1.54, 1.807) is 18.2 Å². The van der Waals surface area contributed by atoms with Gasteiger partial charge in [-0.1, -0.05) is 67.5 Å². The third-order valence-electron chi connectivity index (χ3n) is 4.21. The van der Waals surface area contributed by atoms with E-state index in [0.29, 0.717) is 5.69 Å². The number of anilines is 1. The first-order chi connectivity index (χ1) is 14.5. The normalized spacial score (nSPS) is 9.45. The van der Waals surface area contributed by atoms with Crippen LogP contribution < -0.4 is 4.72 Å². The molecule has 2 aromatic carbocycles. The smallest absolute Gasteiger partial charge is 0.229 e. The molecule has 3 nitrogen and oxygen atoms in total. The first-order valence-corrected chi connectivity index (χ1v) is 12.7. The summed E-state index contributed by atoms with van der Waals surface area (Å²) in [4.78, 5) is 0. The molecule has 0 saturated heterocycles. The predicted octanol–water partition coefficient (Wildman–Crippen LogP) is 7.87. The van der Waals surface area contributed by atoms with E-state index in [9.17, 15) is 8.42 Å². The van der Waals surface area contributed by atoms with E-state index in [0.717, 1.165) is 11.8 Å². The van der Waals surface area contributed by atoms with Crippen LogP contribution in [0.4, 0.5) is 5.69 Å². The molecule has 174 valence electrons. The molecule has 0 radical (unpaired) electrons. The number of allylic oxidation sites excluding steroid dienone is 3. The van der Waals surface area contributed by atoms with Crippen molar-refractivity contribution < 1.29 is 8.42 Å². The fraction of sp³-hybridized carbons (Fsp3) is 0.407. The molecule has 0 aliphatic rings. The lowest BCUT2D eigenvalue weighted by molar-refractivity contribution is 0.607. The summed E-state index contributed by atoms with van der Waals surface area (Å²) < 4.78 is 24.0. The topological polar surface area (TPSA) is 46.2 Å². The van der Waals surface area contributed by atoms with Crippen LogP contribution >= 0.6 is 0 Å². The van der Waals surface area contributed by atoms with Gasteiger partial charge in [0, 0.05) is 5.69 Å². The van der Waals surface area contributed by atoms with Gasteiger partial charge >= 0.3 is 0 Å². The van der Waals surface area contributed by atoms with Crippen LogP contribution in [0.3, 0.4) is 0 Å². The number of rotatable bonds is 5. The molecule has 1 N–H and O–H groups in total. The van der Waals surface area contributed by atoms with Gasteiger partial charge in [0.15, 0.2) is 0 Å². The van der Waals surface area contributed by atoms with Crippen molar-refractivity contribution in [3.05, 3.63) is 89.0 Å². The minimum Gasteiger partial charge on any atom is -0.284 e. The fourth-order valence-electron chi connectivity index (χ4n) is 2.39. The van der Waals surface area contributed by atoms with Gasteiger partial charge in [0.1, 0.15) is 0 Å².